The fourth-order valence-electron chi connectivity index (χ4n) is 7.22. The van der Waals surface area contributed by atoms with Crippen molar-refractivity contribution in [3.8, 4) is 11.1 Å². The van der Waals surface area contributed by atoms with Gasteiger partial charge in [0.1, 0.15) is 35.1 Å². The Morgan fingerprint density at radius 1 is 1.02 bits per heavy atom. The number of anilines is 1. The van der Waals surface area contributed by atoms with Crippen LogP contribution < -0.4 is 5.73 Å². The summed E-state index contributed by atoms with van der Waals surface area (Å²) in [7, 11) is 1.87. The van der Waals surface area contributed by atoms with Gasteiger partial charge >= 0.3 is 12.2 Å². The van der Waals surface area contributed by atoms with Crippen LogP contribution in [0.15, 0.2) is 49.2 Å². The topological polar surface area (TPSA) is 152 Å². The van der Waals surface area contributed by atoms with Gasteiger partial charge in [0.2, 0.25) is 0 Å². The smallest absolute Gasteiger partial charge is 0.410 e. The maximum absolute atomic E-state index is 13.8. The lowest BCUT2D eigenvalue weighted by atomic mass is 10.0. The Balaban J connectivity index is 1.41. The van der Waals surface area contributed by atoms with Crippen LogP contribution in [-0.2, 0) is 26.0 Å². The number of nitrogens with two attached hydrogens (primary N) is 1. The van der Waals surface area contributed by atoms with Gasteiger partial charge in [-0.3, -0.25) is 4.68 Å². The van der Waals surface area contributed by atoms with Crippen molar-refractivity contribution >= 4 is 29.0 Å². The first kappa shape index (κ1) is 39.8. The van der Waals surface area contributed by atoms with Gasteiger partial charge < -0.3 is 39.0 Å². The number of aryl methyl sites for hydroxylation is 1. The van der Waals surface area contributed by atoms with E-state index >= 15 is 0 Å². The SMILES string of the molecule is C=C/C(=C\C)CCN(CCCN(C[C@H]1C[C@@H](n2cc(-c3cnn(C)c3)c3c(N)ncnc32)[C@@H]2OC(C)(C)O[C@H]12)C(=O)OC(C)(C)C)C(=O)OC(C)(C)C. The van der Waals surface area contributed by atoms with Crippen LogP contribution in [0.5, 0.6) is 0 Å². The summed E-state index contributed by atoms with van der Waals surface area (Å²) in [5.74, 6) is -0.563. The van der Waals surface area contributed by atoms with Gasteiger partial charge in [0.05, 0.1) is 23.7 Å². The molecular weight excluding hydrogens is 676 g/mol. The molecule has 5 rings (SSSR count). The second-order valence-corrected chi connectivity index (χ2v) is 16.5. The molecule has 14 nitrogen and oxygen atoms in total. The van der Waals surface area contributed by atoms with E-state index in [1.54, 1.807) is 26.8 Å². The second-order valence-electron chi connectivity index (χ2n) is 16.5. The summed E-state index contributed by atoms with van der Waals surface area (Å²) in [5.41, 5.74) is 8.62. The molecule has 53 heavy (non-hydrogen) atoms. The molecule has 0 aromatic carbocycles. The van der Waals surface area contributed by atoms with Gasteiger partial charge in [-0.25, -0.2) is 19.6 Å². The van der Waals surface area contributed by atoms with Crippen LogP contribution >= 0.6 is 0 Å². The number of allylic oxidation sites excluding steroid dienone is 2. The molecule has 290 valence electrons. The lowest BCUT2D eigenvalue weighted by molar-refractivity contribution is -0.160. The van der Waals surface area contributed by atoms with E-state index in [1.165, 1.54) is 6.33 Å². The van der Waals surface area contributed by atoms with Gasteiger partial charge in [-0.15, -0.1) is 0 Å². The quantitative estimate of drug-likeness (QED) is 0.195. The Morgan fingerprint density at radius 3 is 2.26 bits per heavy atom. The van der Waals surface area contributed by atoms with Gasteiger partial charge in [0.25, 0.3) is 0 Å². The lowest BCUT2D eigenvalue weighted by Crippen LogP contribution is -2.44. The highest BCUT2D eigenvalue weighted by atomic mass is 16.8. The van der Waals surface area contributed by atoms with Crippen LogP contribution in [0.2, 0.25) is 0 Å². The molecule has 4 heterocycles. The van der Waals surface area contributed by atoms with Crippen molar-refractivity contribution in [2.75, 3.05) is 31.9 Å². The highest BCUT2D eigenvalue weighted by molar-refractivity contribution is 6.00. The van der Waals surface area contributed by atoms with Gasteiger partial charge in [-0.05, 0) is 81.6 Å². The monoisotopic (exact) mass is 734 g/mol. The summed E-state index contributed by atoms with van der Waals surface area (Å²) in [6.45, 7) is 22.4. The molecule has 0 radical (unpaired) electrons. The molecule has 2 N–H and O–H groups in total. The first-order valence-electron chi connectivity index (χ1n) is 18.5. The number of hydrogen-bond donors (Lipinski definition) is 1. The number of aromatic nitrogens is 5. The molecule has 1 saturated heterocycles. The third-order valence-corrected chi connectivity index (χ3v) is 9.48. The minimum absolute atomic E-state index is 0.107. The number of carbonyl (C=O) groups is 2. The van der Waals surface area contributed by atoms with Gasteiger partial charge in [0, 0.05) is 62.7 Å². The van der Waals surface area contributed by atoms with Crippen LogP contribution in [0.4, 0.5) is 15.4 Å². The molecule has 2 fully saturated rings. The minimum Gasteiger partial charge on any atom is -0.444 e. The number of ether oxygens (including phenoxy) is 4. The highest BCUT2D eigenvalue weighted by Gasteiger charge is 2.55. The third-order valence-electron chi connectivity index (χ3n) is 9.48. The van der Waals surface area contributed by atoms with Crippen molar-refractivity contribution in [1.82, 2.24) is 34.1 Å². The van der Waals surface area contributed by atoms with Gasteiger partial charge in [0.15, 0.2) is 5.79 Å². The first-order chi connectivity index (χ1) is 24.8. The fraction of sp³-hybridized carbons (Fsp3) is 0.615. The summed E-state index contributed by atoms with van der Waals surface area (Å²) in [4.78, 5) is 39.6. The van der Waals surface area contributed by atoms with E-state index in [0.29, 0.717) is 56.9 Å². The predicted molar refractivity (Wildman–Crippen MR) is 204 cm³/mol. The molecule has 0 unspecified atom stereocenters. The highest BCUT2D eigenvalue weighted by Crippen LogP contribution is 2.49. The van der Waals surface area contributed by atoms with Gasteiger partial charge in [-0.2, -0.15) is 5.10 Å². The normalized spacial score (nSPS) is 21.4. The average molecular weight is 735 g/mol. The first-order valence-corrected chi connectivity index (χ1v) is 18.5. The van der Waals surface area contributed by atoms with E-state index in [-0.39, 0.29) is 24.2 Å². The van der Waals surface area contributed by atoms with E-state index in [2.05, 4.69) is 26.2 Å². The standard InChI is InChI=1S/C39H58N8O6/c1-12-25(13-2)15-18-45(35(48)52-37(3,4)5)16-14-17-46(36(49)53-38(6,7)8)22-26-19-29(32-31(26)50-39(9,10)51-32)47-23-28(27-20-43-44(11)21-27)30-33(40)41-24-42-34(30)47/h12-13,20-21,23-24,26,29,31-32H,1,14-19,22H2,2-11H3,(H2,40,41,42)/b25-13+/t26-,29-,31-,32+/m1/s1. The maximum atomic E-state index is 13.8. The summed E-state index contributed by atoms with van der Waals surface area (Å²) < 4.78 is 28.7. The average Bonchev–Trinajstić information content (AvgIpc) is 3.80. The van der Waals surface area contributed by atoms with Crippen molar-refractivity contribution in [3.05, 3.63) is 49.2 Å². The van der Waals surface area contributed by atoms with Crippen molar-refractivity contribution in [2.45, 2.75) is 117 Å². The van der Waals surface area contributed by atoms with Crippen LogP contribution in [0, 0.1) is 5.92 Å². The molecule has 0 bridgehead atoms. The molecule has 2 aliphatic rings. The molecule has 3 aromatic rings. The zero-order chi connectivity index (χ0) is 38.9. The van der Waals surface area contributed by atoms with Crippen LogP contribution in [-0.4, -0.2) is 102 Å². The van der Waals surface area contributed by atoms with Crippen LogP contribution in [0.1, 0.15) is 87.6 Å². The van der Waals surface area contributed by atoms with Gasteiger partial charge in [-0.1, -0.05) is 24.3 Å². The summed E-state index contributed by atoms with van der Waals surface area (Å²) in [6.07, 6.45) is 11.4. The van der Waals surface area contributed by atoms with E-state index in [0.717, 1.165) is 22.1 Å². The summed E-state index contributed by atoms with van der Waals surface area (Å²) >= 11 is 0. The van der Waals surface area contributed by atoms with Crippen molar-refractivity contribution < 1.29 is 28.5 Å². The van der Waals surface area contributed by atoms with E-state index in [1.807, 2.05) is 87.8 Å². The molecule has 1 aliphatic carbocycles. The summed E-state index contributed by atoms with van der Waals surface area (Å²) in [5, 5.41) is 5.13. The number of carbonyl (C=O) groups excluding carboxylic acids is 2. The van der Waals surface area contributed by atoms with E-state index in [9.17, 15) is 9.59 Å². The second kappa shape index (κ2) is 15.5. The number of fused-ring (bicyclic) bond motifs is 2. The van der Waals surface area contributed by atoms with Crippen molar-refractivity contribution in [3.63, 3.8) is 0 Å². The number of nitrogens with zero attached hydrogens (tertiary/aromatic N) is 7. The molecule has 2 amide bonds. The zero-order valence-electron chi connectivity index (χ0n) is 33.1. The van der Waals surface area contributed by atoms with E-state index < -0.39 is 29.2 Å². The Kier molecular flexibility index (Phi) is 11.6. The lowest BCUT2D eigenvalue weighted by Gasteiger charge is -2.32. The largest absolute Gasteiger partial charge is 0.444 e. The third kappa shape index (κ3) is 9.58. The van der Waals surface area contributed by atoms with Crippen molar-refractivity contribution in [2.24, 2.45) is 13.0 Å². The maximum Gasteiger partial charge on any atom is 0.410 e. The molecule has 4 atom stereocenters. The molecule has 3 aromatic heterocycles. The summed E-state index contributed by atoms with van der Waals surface area (Å²) in [6, 6.07) is -0.178. The number of amides is 2. The molecule has 0 spiro atoms. The number of rotatable bonds is 12. The van der Waals surface area contributed by atoms with Crippen LogP contribution in [0.25, 0.3) is 22.2 Å². The molecule has 1 aliphatic heterocycles. The fourth-order valence-corrected chi connectivity index (χ4v) is 7.22. The number of hydrogen-bond acceptors (Lipinski definition) is 10. The Bertz CT molecular complexity index is 1820. The van der Waals surface area contributed by atoms with Crippen molar-refractivity contribution in [1.29, 1.82) is 0 Å². The molecule has 1 saturated carbocycles. The Morgan fingerprint density at radius 2 is 1.66 bits per heavy atom. The molecule has 14 heteroatoms. The minimum atomic E-state index is -0.836. The van der Waals surface area contributed by atoms with Crippen LogP contribution in [0.3, 0.4) is 0 Å². The molecular formula is C39H58N8O6. The predicted octanol–water partition coefficient (Wildman–Crippen LogP) is 6.88. The van der Waals surface area contributed by atoms with E-state index in [4.69, 9.17) is 24.7 Å². The zero-order valence-corrected chi connectivity index (χ0v) is 33.1. The Labute approximate surface area is 313 Å². The Hall–Kier alpha value is -4.43. The number of nitrogen functional groups attached to an aromatic ring is 1.